The Hall–Kier alpha value is -2.16. The third-order valence-corrected chi connectivity index (χ3v) is 8.77. The van der Waals surface area contributed by atoms with Crippen LogP contribution < -0.4 is 4.74 Å². The molecule has 1 saturated heterocycles. The minimum Gasteiger partial charge on any atom is -0.495 e. The van der Waals surface area contributed by atoms with Gasteiger partial charge in [-0.1, -0.05) is 24.1 Å². The Morgan fingerprint density at radius 1 is 1.21 bits per heavy atom. The second-order valence-corrected chi connectivity index (χ2v) is 11.0. The van der Waals surface area contributed by atoms with E-state index in [4.69, 9.17) is 16.3 Å². The van der Waals surface area contributed by atoms with Gasteiger partial charge in [0.1, 0.15) is 16.5 Å². The van der Waals surface area contributed by atoms with Crippen LogP contribution in [0.1, 0.15) is 54.9 Å². The number of sulfonamides is 1. The maximum atomic E-state index is 14.4. The van der Waals surface area contributed by atoms with E-state index in [0.29, 0.717) is 6.54 Å². The third kappa shape index (κ3) is 4.88. The minimum absolute atomic E-state index is 0.0201. The number of rotatable bonds is 7. The summed E-state index contributed by atoms with van der Waals surface area (Å²) in [6, 6.07) is 8.72. The lowest BCUT2D eigenvalue weighted by Gasteiger charge is -2.32. The zero-order valence-corrected chi connectivity index (χ0v) is 20.3. The van der Waals surface area contributed by atoms with Crippen molar-refractivity contribution in [1.82, 2.24) is 9.21 Å². The first-order valence-corrected chi connectivity index (χ1v) is 13.0. The zero-order valence-electron chi connectivity index (χ0n) is 18.8. The molecule has 0 aromatic heterocycles. The number of methoxy groups -OCH3 is 1. The lowest BCUT2D eigenvalue weighted by Crippen LogP contribution is -2.42. The van der Waals surface area contributed by atoms with Crippen LogP contribution in [0.5, 0.6) is 5.75 Å². The van der Waals surface area contributed by atoms with Gasteiger partial charge in [0.05, 0.1) is 13.7 Å². The van der Waals surface area contributed by atoms with Crippen LogP contribution in [0, 0.1) is 5.82 Å². The number of hydrogen-bond acceptors (Lipinski definition) is 4. The standard InChI is InChI=1S/C24H28ClFN2O4S/c1-16-6-3-4-13-28(16)33(30,31)23-14-17(9-12-22(23)32-2)24(29)27(18-10-11-18)15-19-20(25)7-5-8-21(19)26/h5,7-9,12,14,16,18H,3-4,6,10-11,13,15H2,1-2H3. The number of piperidine rings is 1. The van der Waals surface area contributed by atoms with Crippen molar-refractivity contribution < 1.29 is 22.3 Å². The molecule has 1 amide bonds. The molecular formula is C24H28ClFN2O4S. The fraction of sp³-hybridized carbons (Fsp3) is 0.458. The highest BCUT2D eigenvalue weighted by molar-refractivity contribution is 7.89. The van der Waals surface area contributed by atoms with Gasteiger partial charge in [0.2, 0.25) is 10.0 Å². The largest absolute Gasteiger partial charge is 0.495 e. The number of hydrogen-bond donors (Lipinski definition) is 0. The van der Waals surface area contributed by atoms with Crippen LogP contribution in [0.15, 0.2) is 41.3 Å². The van der Waals surface area contributed by atoms with Gasteiger partial charge in [-0.05, 0) is 62.9 Å². The van der Waals surface area contributed by atoms with E-state index in [1.807, 2.05) is 6.92 Å². The summed E-state index contributed by atoms with van der Waals surface area (Å²) in [7, 11) is -2.45. The van der Waals surface area contributed by atoms with E-state index in [9.17, 15) is 17.6 Å². The summed E-state index contributed by atoms with van der Waals surface area (Å²) in [4.78, 5) is 15.0. The molecule has 1 aliphatic heterocycles. The van der Waals surface area contributed by atoms with E-state index in [0.717, 1.165) is 32.1 Å². The predicted molar refractivity (Wildman–Crippen MR) is 125 cm³/mol. The van der Waals surface area contributed by atoms with Gasteiger partial charge in [-0.25, -0.2) is 12.8 Å². The van der Waals surface area contributed by atoms with Crippen LogP contribution in [0.25, 0.3) is 0 Å². The molecule has 1 aliphatic carbocycles. The van der Waals surface area contributed by atoms with E-state index in [2.05, 4.69) is 0 Å². The van der Waals surface area contributed by atoms with Crippen molar-refractivity contribution in [3.05, 3.63) is 58.4 Å². The molecule has 0 bridgehead atoms. The summed E-state index contributed by atoms with van der Waals surface area (Å²) in [6.45, 7) is 2.35. The minimum atomic E-state index is -3.86. The fourth-order valence-electron chi connectivity index (χ4n) is 4.34. The molecule has 1 unspecified atom stereocenters. The first kappa shape index (κ1) is 24.0. The van der Waals surface area contributed by atoms with Crippen molar-refractivity contribution >= 4 is 27.5 Å². The molecule has 1 saturated carbocycles. The Morgan fingerprint density at radius 3 is 2.61 bits per heavy atom. The monoisotopic (exact) mass is 494 g/mol. The predicted octanol–water partition coefficient (Wildman–Crippen LogP) is 4.86. The zero-order chi connectivity index (χ0) is 23.8. The second-order valence-electron chi connectivity index (χ2n) is 8.69. The van der Waals surface area contributed by atoms with Gasteiger partial charge in [-0.15, -0.1) is 0 Å². The normalized spacial score (nSPS) is 19.3. The maximum absolute atomic E-state index is 14.4. The van der Waals surface area contributed by atoms with Crippen LogP contribution in [0.3, 0.4) is 0 Å². The molecule has 2 aromatic carbocycles. The van der Waals surface area contributed by atoms with Crippen LogP contribution >= 0.6 is 11.6 Å². The van der Waals surface area contributed by atoms with Crippen LogP contribution in [-0.4, -0.2) is 49.3 Å². The number of ether oxygens (including phenoxy) is 1. The van der Waals surface area contributed by atoms with Gasteiger partial charge in [0, 0.05) is 34.8 Å². The Kier molecular flexibility index (Phi) is 6.98. The Morgan fingerprint density at radius 2 is 1.97 bits per heavy atom. The van der Waals surface area contributed by atoms with Gasteiger partial charge in [0.25, 0.3) is 5.91 Å². The summed E-state index contributed by atoms with van der Waals surface area (Å²) >= 11 is 6.19. The molecule has 6 nitrogen and oxygen atoms in total. The Bertz CT molecular complexity index is 1130. The lowest BCUT2D eigenvalue weighted by molar-refractivity contribution is 0.0728. The van der Waals surface area contributed by atoms with Crippen molar-refractivity contribution in [3.63, 3.8) is 0 Å². The van der Waals surface area contributed by atoms with Crippen LogP contribution in [0.2, 0.25) is 5.02 Å². The maximum Gasteiger partial charge on any atom is 0.254 e. The van der Waals surface area contributed by atoms with E-state index in [-0.39, 0.29) is 51.3 Å². The number of halogens is 2. The molecule has 2 aromatic rings. The smallest absolute Gasteiger partial charge is 0.254 e. The van der Waals surface area contributed by atoms with E-state index >= 15 is 0 Å². The number of amides is 1. The quantitative estimate of drug-likeness (QED) is 0.551. The van der Waals surface area contributed by atoms with E-state index in [1.165, 1.54) is 35.7 Å². The molecule has 178 valence electrons. The average Bonchev–Trinajstić information content (AvgIpc) is 3.63. The van der Waals surface area contributed by atoms with E-state index < -0.39 is 15.8 Å². The van der Waals surface area contributed by atoms with Gasteiger partial charge >= 0.3 is 0 Å². The van der Waals surface area contributed by atoms with Crippen LogP contribution in [-0.2, 0) is 16.6 Å². The first-order chi connectivity index (χ1) is 15.7. The molecule has 0 spiro atoms. The molecule has 4 rings (SSSR count). The molecule has 2 fully saturated rings. The van der Waals surface area contributed by atoms with Gasteiger partial charge in [0.15, 0.2) is 0 Å². The summed E-state index contributed by atoms with van der Waals surface area (Å²) in [5, 5.41) is 0.255. The van der Waals surface area contributed by atoms with Gasteiger partial charge in [-0.2, -0.15) is 4.31 Å². The molecule has 9 heteroatoms. The van der Waals surface area contributed by atoms with Crippen molar-refractivity contribution in [2.45, 2.75) is 62.6 Å². The van der Waals surface area contributed by atoms with Crippen molar-refractivity contribution in [2.24, 2.45) is 0 Å². The molecule has 2 aliphatic rings. The highest BCUT2D eigenvalue weighted by Gasteiger charge is 2.36. The number of nitrogens with zero attached hydrogens (tertiary/aromatic N) is 2. The molecule has 0 N–H and O–H groups in total. The van der Waals surface area contributed by atoms with Crippen molar-refractivity contribution in [3.8, 4) is 5.75 Å². The second kappa shape index (κ2) is 9.60. The highest BCUT2D eigenvalue weighted by Crippen LogP contribution is 2.35. The molecule has 0 radical (unpaired) electrons. The number of carbonyl (C=O) groups excluding carboxylic acids is 1. The molecule has 1 heterocycles. The van der Waals surface area contributed by atoms with E-state index in [1.54, 1.807) is 17.0 Å². The Labute approximate surface area is 199 Å². The summed E-state index contributed by atoms with van der Waals surface area (Å²) in [5.74, 6) is -0.639. The number of carbonyl (C=O) groups is 1. The fourth-order valence-corrected chi connectivity index (χ4v) is 6.44. The Balaban J connectivity index is 1.69. The molecule has 33 heavy (non-hydrogen) atoms. The van der Waals surface area contributed by atoms with Crippen molar-refractivity contribution in [2.75, 3.05) is 13.7 Å². The molecule has 1 atom stereocenters. The van der Waals surface area contributed by atoms with Gasteiger partial charge < -0.3 is 9.64 Å². The first-order valence-electron chi connectivity index (χ1n) is 11.2. The van der Waals surface area contributed by atoms with Crippen molar-refractivity contribution in [1.29, 1.82) is 0 Å². The molecular weight excluding hydrogens is 467 g/mol. The SMILES string of the molecule is COc1ccc(C(=O)N(Cc2c(F)cccc2Cl)C2CC2)cc1S(=O)(=O)N1CCCCC1C. The summed E-state index contributed by atoms with van der Waals surface area (Å²) in [6.07, 6.45) is 4.19. The third-order valence-electron chi connectivity index (χ3n) is 6.38. The highest BCUT2D eigenvalue weighted by atomic mass is 35.5. The number of benzene rings is 2. The average molecular weight is 495 g/mol. The van der Waals surface area contributed by atoms with Gasteiger partial charge in [-0.3, -0.25) is 4.79 Å². The summed E-state index contributed by atoms with van der Waals surface area (Å²) in [5.41, 5.74) is 0.473. The van der Waals surface area contributed by atoms with Crippen LogP contribution in [0.4, 0.5) is 4.39 Å². The lowest BCUT2D eigenvalue weighted by atomic mass is 10.1. The topological polar surface area (TPSA) is 66.9 Å². The summed E-state index contributed by atoms with van der Waals surface area (Å²) < 4.78 is 48.2.